The first-order valence-electron chi connectivity index (χ1n) is 1.50. The van der Waals surface area contributed by atoms with Crippen LogP contribution in [0.3, 0.4) is 0 Å². The molecule has 0 N–H and O–H groups in total. The summed E-state index contributed by atoms with van der Waals surface area (Å²) < 4.78 is 61.5. The van der Waals surface area contributed by atoms with Gasteiger partial charge in [0.2, 0.25) is 20.8 Å². The SMILES string of the molecule is O=S(=O)([O-])OOS(=O)(=O)[O-].[Cr+2]. The third-order valence-corrected chi connectivity index (χ3v) is 0.750. The van der Waals surface area contributed by atoms with Crippen molar-refractivity contribution < 1.29 is 52.0 Å². The van der Waals surface area contributed by atoms with E-state index in [-0.39, 0.29) is 17.4 Å². The summed E-state index contributed by atoms with van der Waals surface area (Å²) in [4.78, 5) is 0. The summed E-state index contributed by atoms with van der Waals surface area (Å²) in [7, 11) is -10.6. The molecular weight excluding hydrogens is 244 g/mol. The van der Waals surface area contributed by atoms with Crippen molar-refractivity contribution >= 4 is 20.8 Å². The number of rotatable bonds is 3. The van der Waals surface area contributed by atoms with E-state index in [0.29, 0.717) is 0 Å². The van der Waals surface area contributed by atoms with Crippen molar-refractivity contribution in [2.24, 2.45) is 0 Å². The minimum Gasteiger partial charge on any atom is -0.724 e. The Kier molecular flexibility index (Phi) is 5.45. The van der Waals surface area contributed by atoms with E-state index in [1.807, 2.05) is 0 Å². The Bertz CT molecular complexity index is 248. The summed E-state index contributed by atoms with van der Waals surface area (Å²) >= 11 is 0. The van der Waals surface area contributed by atoms with Gasteiger partial charge in [-0.2, -0.15) is 0 Å². The average molecular weight is 244 g/mol. The van der Waals surface area contributed by atoms with E-state index in [9.17, 15) is 25.9 Å². The van der Waals surface area contributed by atoms with Crippen molar-refractivity contribution in [3.05, 3.63) is 0 Å². The monoisotopic (exact) mass is 244 g/mol. The van der Waals surface area contributed by atoms with E-state index in [1.165, 1.54) is 0 Å². The van der Waals surface area contributed by atoms with Crippen LogP contribution in [0.15, 0.2) is 0 Å². The maximum absolute atomic E-state index is 9.37. The smallest absolute Gasteiger partial charge is 0.724 e. The summed E-state index contributed by atoms with van der Waals surface area (Å²) in [6.45, 7) is 0. The van der Waals surface area contributed by atoms with Crippen molar-refractivity contribution in [1.29, 1.82) is 0 Å². The van der Waals surface area contributed by atoms with E-state index in [1.54, 1.807) is 0 Å². The van der Waals surface area contributed by atoms with Gasteiger partial charge in [0.1, 0.15) is 0 Å². The molecule has 11 heavy (non-hydrogen) atoms. The first-order valence-corrected chi connectivity index (χ1v) is 4.17. The maximum atomic E-state index is 9.37. The molecule has 0 bridgehead atoms. The topological polar surface area (TPSA) is 133 Å². The Labute approximate surface area is 73.1 Å². The number of hydrogen-bond acceptors (Lipinski definition) is 8. The van der Waals surface area contributed by atoms with Crippen molar-refractivity contribution in [1.82, 2.24) is 0 Å². The Morgan fingerprint density at radius 3 is 1.09 bits per heavy atom. The van der Waals surface area contributed by atoms with E-state index in [0.717, 1.165) is 0 Å². The molecule has 0 aromatic rings. The van der Waals surface area contributed by atoms with Gasteiger partial charge >= 0.3 is 17.4 Å². The third kappa shape index (κ3) is 13.3. The van der Waals surface area contributed by atoms with Crippen LogP contribution in [0, 0.1) is 0 Å². The molecule has 0 aromatic carbocycles. The molecule has 0 heterocycles. The van der Waals surface area contributed by atoms with Gasteiger partial charge in [-0.15, -0.1) is 8.67 Å². The second-order valence-corrected chi connectivity index (χ2v) is 2.86. The van der Waals surface area contributed by atoms with Gasteiger partial charge in [0.15, 0.2) is 0 Å². The van der Waals surface area contributed by atoms with E-state index in [2.05, 4.69) is 8.67 Å². The minimum absolute atomic E-state index is 0. The largest absolute Gasteiger partial charge is 2.00 e. The van der Waals surface area contributed by atoms with Gasteiger partial charge in [0, 0.05) is 0 Å². The fourth-order valence-corrected chi connectivity index (χ4v) is 0.612. The van der Waals surface area contributed by atoms with Crippen molar-refractivity contribution in [2.75, 3.05) is 0 Å². The molecule has 11 heteroatoms. The summed E-state index contributed by atoms with van der Waals surface area (Å²) in [5.74, 6) is 0. The molecule has 0 spiro atoms. The summed E-state index contributed by atoms with van der Waals surface area (Å²) in [6, 6.07) is 0. The zero-order valence-corrected chi connectivity index (χ0v) is 7.40. The van der Waals surface area contributed by atoms with E-state index in [4.69, 9.17) is 0 Å². The molecule has 0 saturated heterocycles. The van der Waals surface area contributed by atoms with Crippen molar-refractivity contribution in [3.63, 3.8) is 0 Å². The average Bonchev–Trinajstić information content (AvgIpc) is 1.57. The Balaban J connectivity index is 0. The van der Waals surface area contributed by atoms with E-state index < -0.39 is 20.8 Å². The third-order valence-electron chi connectivity index (χ3n) is 0.194. The van der Waals surface area contributed by atoms with Gasteiger partial charge in [-0.3, -0.25) is 0 Å². The van der Waals surface area contributed by atoms with Crippen LogP contribution in [0.4, 0.5) is 0 Å². The van der Waals surface area contributed by atoms with Gasteiger partial charge in [-0.25, -0.2) is 16.8 Å². The Morgan fingerprint density at radius 2 is 1.00 bits per heavy atom. The van der Waals surface area contributed by atoms with Crippen molar-refractivity contribution in [2.45, 2.75) is 0 Å². The second-order valence-electron chi connectivity index (χ2n) is 0.953. The van der Waals surface area contributed by atoms with Crippen LogP contribution in [0.1, 0.15) is 0 Å². The van der Waals surface area contributed by atoms with Crippen LogP contribution in [-0.2, 0) is 46.8 Å². The van der Waals surface area contributed by atoms with Crippen LogP contribution in [-0.4, -0.2) is 25.9 Å². The summed E-state index contributed by atoms with van der Waals surface area (Å²) in [5, 5.41) is 0. The Morgan fingerprint density at radius 1 is 0.818 bits per heavy atom. The molecule has 8 nitrogen and oxygen atoms in total. The molecule has 0 amide bonds. The normalized spacial score (nSPS) is 12.2. The second kappa shape index (κ2) is 4.34. The maximum Gasteiger partial charge on any atom is 2.00 e. The predicted molar refractivity (Wildman–Crippen MR) is 21.6 cm³/mol. The number of hydrogen-bond donors (Lipinski definition) is 0. The molecule has 0 rings (SSSR count). The van der Waals surface area contributed by atoms with Crippen molar-refractivity contribution in [3.8, 4) is 0 Å². The molecule has 0 aliphatic carbocycles. The quantitative estimate of drug-likeness (QED) is 0.237. The summed E-state index contributed by atoms with van der Waals surface area (Å²) in [5.41, 5.74) is 0. The fraction of sp³-hybridized carbons (Fsp3) is 0. The molecule has 0 aliphatic rings. The van der Waals surface area contributed by atoms with Gasteiger partial charge in [0.25, 0.3) is 0 Å². The predicted octanol–water partition coefficient (Wildman–Crippen LogP) is -2.15. The zero-order chi connectivity index (χ0) is 8.41. The zero-order valence-electron chi connectivity index (χ0n) is 4.49. The van der Waals surface area contributed by atoms with Gasteiger partial charge in [0.05, 0.1) is 0 Å². The molecule has 0 aliphatic heterocycles. The Hall–Kier alpha value is 0.272. The minimum atomic E-state index is -5.31. The molecule has 0 saturated carbocycles. The van der Waals surface area contributed by atoms with Crippen LogP contribution in [0.2, 0.25) is 0 Å². The molecular formula is CrO8S2. The molecule has 0 unspecified atom stereocenters. The fourth-order valence-electron chi connectivity index (χ4n) is 0.0680. The standard InChI is InChI=1S/Cr.H2O8S2/c;1-9(2,3)7-8-10(4,5)6/h;(H,1,2,3)(H,4,5,6)/q+2;/p-2. The molecule has 0 radical (unpaired) electrons. The van der Waals surface area contributed by atoms with Gasteiger partial charge in [-0.1, -0.05) is 0 Å². The van der Waals surface area contributed by atoms with Crippen LogP contribution < -0.4 is 0 Å². The molecule has 0 fully saturated rings. The first-order chi connectivity index (χ1) is 4.21. The van der Waals surface area contributed by atoms with Crippen LogP contribution in [0.5, 0.6) is 0 Å². The van der Waals surface area contributed by atoms with Crippen LogP contribution >= 0.6 is 0 Å². The van der Waals surface area contributed by atoms with Crippen LogP contribution in [0.25, 0.3) is 0 Å². The van der Waals surface area contributed by atoms with E-state index >= 15 is 0 Å². The van der Waals surface area contributed by atoms with Gasteiger partial charge in [-0.05, 0) is 0 Å². The molecule has 0 aromatic heterocycles. The molecule has 0 atom stereocenters. The van der Waals surface area contributed by atoms with Gasteiger partial charge < -0.3 is 9.11 Å². The first kappa shape index (κ1) is 13.8. The summed E-state index contributed by atoms with van der Waals surface area (Å²) in [6.07, 6.45) is 0. The molecule has 66 valence electrons.